The van der Waals surface area contributed by atoms with Crippen molar-refractivity contribution in [3.8, 4) is 0 Å². The van der Waals surface area contributed by atoms with Crippen LogP contribution in [0.1, 0.15) is 31.7 Å². The van der Waals surface area contributed by atoms with E-state index in [0.29, 0.717) is 28.9 Å². The minimum Gasteiger partial charge on any atom is -0.369 e. The van der Waals surface area contributed by atoms with E-state index in [4.69, 9.17) is 0 Å². The molecule has 2 aliphatic heterocycles. The highest BCUT2D eigenvalue weighted by atomic mass is 32.2. The molecule has 0 bridgehead atoms. The second kappa shape index (κ2) is 11.3. The van der Waals surface area contributed by atoms with Gasteiger partial charge in [-0.3, -0.25) is 0 Å². The first-order valence-electron chi connectivity index (χ1n) is 13.3. The van der Waals surface area contributed by atoms with Gasteiger partial charge in [0.05, 0.1) is 4.90 Å². The van der Waals surface area contributed by atoms with Crippen molar-refractivity contribution in [1.82, 2.24) is 19.2 Å². The summed E-state index contributed by atoms with van der Waals surface area (Å²) in [6.45, 7) is 8.67. The van der Waals surface area contributed by atoms with Crippen LogP contribution in [-0.4, -0.2) is 73.4 Å². The van der Waals surface area contributed by atoms with Gasteiger partial charge in [0.1, 0.15) is 5.82 Å². The number of anilines is 5. The number of likely N-dealkylation sites (N-methyl/N-ethyl adjacent to an activating group) is 1. The third-order valence-electron chi connectivity index (χ3n) is 7.41. The fourth-order valence-electron chi connectivity index (χ4n) is 5.01. The molecule has 2 aromatic carbocycles. The predicted octanol–water partition coefficient (Wildman–Crippen LogP) is 4.59. The highest BCUT2D eigenvalue weighted by Crippen LogP contribution is 2.28. The van der Waals surface area contributed by atoms with E-state index in [1.165, 1.54) is 5.69 Å². The first-order chi connectivity index (χ1) is 18.3. The van der Waals surface area contributed by atoms with Crippen molar-refractivity contribution in [2.75, 3.05) is 55.3 Å². The average molecular weight is 536 g/mol. The number of piperazine rings is 1. The molecule has 202 valence electrons. The van der Waals surface area contributed by atoms with E-state index < -0.39 is 10.0 Å². The normalized spacial score (nSPS) is 19.3. The number of benzene rings is 2. The summed E-state index contributed by atoms with van der Waals surface area (Å²) in [6, 6.07) is 15.3. The summed E-state index contributed by atoms with van der Waals surface area (Å²) in [4.78, 5) is 14.1. The van der Waals surface area contributed by atoms with E-state index in [0.717, 1.165) is 56.7 Å². The highest BCUT2D eigenvalue weighted by molar-refractivity contribution is 7.89. The Labute approximate surface area is 225 Å². The molecule has 3 heterocycles. The Hall–Kier alpha value is -3.21. The number of aryl methyl sites for hydroxylation is 1. The molecule has 3 aromatic rings. The van der Waals surface area contributed by atoms with Crippen LogP contribution in [0.4, 0.5) is 28.8 Å². The number of rotatable bonds is 7. The molecule has 0 spiro atoms. The molecule has 5 rings (SSSR count). The van der Waals surface area contributed by atoms with Crippen molar-refractivity contribution < 1.29 is 8.42 Å². The van der Waals surface area contributed by atoms with Crippen LogP contribution in [0.5, 0.6) is 0 Å². The third-order valence-corrected chi connectivity index (χ3v) is 9.42. The lowest BCUT2D eigenvalue weighted by molar-refractivity contribution is 0.268. The molecule has 38 heavy (non-hydrogen) atoms. The summed E-state index contributed by atoms with van der Waals surface area (Å²) in [6.07, 6.45) is 4.62. The summed E-state index contributed by atoms with van der Waals surface area (Å²) in [5.41, 5.74) is 3.64. The van der Waals surface area contributed by atoms with E-state index in [1.54, 1.807) is 28.7 Å². The number of nitrogens with one attached hydrogen (secondary N) is 2. The minimum atomic E-state index is -3.56. The number of piperidine rings is 1. The van der Waals surface area contributed by atoms with Crippen LogP contribution in [0.25, 0.3) is 0 Å². The number of hydrogen-bond acceptors (Lipinski definition) is 8. The van der Waals surface area contributed by atoms with Crippen molar-refractivity contribution in [1.29, 1.82) is 0 Å². The average Bonchev–Trinajstić information content (AvgIpc) is 2.92. The van der Waals surface area contributed by atoms with Gasteiger partial charge in [0.25, 0.3) is 0 Å². The van der Waals surface area contributed by atoms with Crippen molar-refractivity contribution in [2.45, 2.75) is 44.0 Å². The molecule has 2 aliphatic rings. The molecule has 1 unspecified atom stereocenters. The molecular weight excluding hydrogens is 498 g/mol. The van der Waals surface area contributed by atoms with Gasteiger partial charge in [-0.1, -0.05) is 12.5 Å². The lowest BCUT2D eigenvalue weighted by Crippen LogP contribution is -2.44. The Balaban J connectivity index is 1.29. The maximum absolute atomic E-state index is 13.3. The summed E-state index contributed by atoms with van der Waals surface area (Å²) in [7, 11) is -1.40. The SMILES string of the molecule is Cc1cnc(Nc2ccc(N3CCN(C)CC3)cc2)nc1Nc1cccc(S(=O)(=O)N2CCCCC2C)c1. The van der Waals surface area contributed by atoms with Crippen molar-refractivity contribution in [2.24, 2.45) is 0 Å². The van der Waals surface area contributed by atoms with Crippen LogP contribution in [0.15, 0.2) is 59.6 Å². The lowest BCUT2D eigenvalue weighted by atomic mass is 10.1. The van der Waals surface area contributed by atoms with Crippen LogP contribution in [-0.2, 0) is 10.0 Å². The van der Waals surface area contributed by atoms with Crippen LogP contribution in [0.2, 0.25) is 0 Å². The predicted molar refractivity (Wildman–Crippen MR) is 153 cm³/mol. The molecule has 9 nitrogen and oxygen atoms in total. The molecule has 2 fully saturated rings. The van der Waals surface area contributed by atoms with Crippen LogP contribution < -0.4 is 15.5 Å². The third kappa shape index (κ3) is 5.92. The smallest absolute Gasteiger partial charge is 0.243 e. The van der Waals surface area contributed by atoms with Gasteiger partial charge in [-0.2, -0.15) is 9.29 Å². The van der Waals surface area contributed by atoms with Gasteiger partial charge >= 0.3 is 0 Å². The molecule has 0 aliphatic carbocycles. The van der Waals surface area contributed by atoms with Crippen molar-refractivity contribution in [3.05, 3.63) is 60.3 Å². The Morgan fingerprint density at radius 3 is 2.42 bits per heavy atom. The van der Waals surface area contributed by atoms with E-state index in [2.05, 4.69) is 49.6 Å². The van der Waals surface area contributed by atoms with Gasteiger partial charge in [-0.25, -0.2) is 13.4 Å². The molecule has 10 heteroatoms. The Morgan fingerprint density at radius 1 is 0.921 bits per heavy atom. The van der Waals surface area contributed by atoms with E-state index >= 15 is 0 Å². The van der Waals surface area contributed by atoms with Gasteiger partial charge in [0, 0.05) is 67.6 Å². The summed E-state index contributed by atoms with van der Waals surface area (Å²) < 4.78 is 28.3. The number of sulfonamides is 1. The van der Waals surface area contributed by atoms with Crippen molar-refractivity contribution >= 4 is 38.9 Å². The fourth-order valence-corrected chi connectivity index (χ4v) is 6.76. The molecule has 0 radical (unpaired) electrons. The van der Waals surface area contributed by atoms with Crippen LogP contribution in [0.3, 0.4) is 0 Å². The number of hydrogen-bond donors (Lipinski definition) is 2. The molecule has 2 saturated heterocycles. The van der Waals surface area contributed by atoms with Gasteiger partial charge in [0.15, 0.2) is 0 Å². The Bertz CT molecular complexity index is 1360. The zero-order valence-corrected chi connectivity index (χ0v) is 23.2. The molecule has 2 N–H and O–H groups in total. The second-order valence-corrected chi connectivity index (χ2v) is 12.2. The zero-order chi connectivity index (χ0) is 26.7. The molecular formula is C28H37N7O2S. The molecule has 0 saturated carbocycles. The molecule has 1 aromatic heterocycles. The van der Waals surface area contributed by atoms with Gasteiger partial charge in [-0.15, -0.1) is 0 Å². The second-order valence-electron chi connectivity index (χ2n) is 10.3. The fraction of sp³-hybridized carbons (Fsp3) is 0.429. The van der Waals surface area contributed by atoms with Gasteiger partial charge in [-0.05, 0) is 76.2 Å². The standard InChI is InChI=1S/C28H37N7O2S/c1-21-20-29-28(31-23-10-12-25(13-11-23)34-17-15-33(3)16-18-34)32-27(21)30-24-8-6-9-26(19-24)38(36,37)35-14-5-4-7-22(35)2/h6,8-13,19-20,22H,4-5,7,14-18H2,1-3H3,(H2,29,30,31,32). The molecule has 0 amide bonds. The van der Waals surface area contributed by atoms with Crippen LogP contribution >= 0.6 is 0 Å². The minimum absolute atomic E-state index is 0.0127. The number of aromatic nitrogens is 2. The van der Waals surface area contributed by atoms with Crippen LogP contribution in [0, 0.1) is 6.92 Å². The van der Waals surface area contributed by atoms with E-state index in [-0.39, 0.29) is 6.04 Å². The maximum Gasteiger partial charge on any atom is 0.243 e. The van der Waals surface area contributed by atoms with Gasteiger partial charge in [0.2, 0.25) is 16.0 Å². The monoisotopic (exact) mass is 535 g/mol. The summed E-state index contributed by atoms with van der Waals surface area (Å²) >= 11 is 0. The summed E-state index contributed by atoms with van der Waals surface area (Å²) in [5, 5.41) is 6.58. The first kappa shape index (κ1) is 26.4. The Morgan fingerprint density at radius 2 is 1.68 bits per heavy atom. The Kier molecular flexibility index (Phi) is 7.83. The topological polar surface area (TPSA) is 93.7 Å². The number of nitrogens with zero attached hydrogens (tertiary/aromatic N) is 5. The summed E-state index contributed by atoms with van der Waals surface area (Å²) in [5.74, 6) is 1.09. The largest absolute Gasteiger partial charge is 0.369 e. The highest BCUT2D eigenvalue weighted by Gasteiger charge is 2.31. The molecule has 1 atom stereocenters. The van der Waals surface area contributed by atoms with Crippen molar-refractivity contribution in [3.63, 3.8) is 0 Å². The van der Waals surface area contributed by atoms with E-state index in [1.807, 2.05) is 32.0 Å². The first-order valence-corrected chi connectivity index (χ1v) is 14.8. The maximum atomic E-state index is 13.3. The van der Waals surface area contributed by atoms with E-state index in [9.17, 15) is 8.42 Å². The lowest BCUT2D eigenvalue weighted by Gasteiger charge is -2.34. The van der Waals surface area contributed by atoms with Gasteiger partial charge < -0.3 is 20.4 Å². The quantitative estimate of drug-likeness (QED) is 0.454. The zero-order valence-electron chi connectivity index (χ0n) is 22.4.